The lowest BCUT2D eigenvalue weighted by molar-refractivity contribution is 0.157. The van der Waals surface area contributed by atoms with E-state index in [-0.39, 0.29) is 0 Å². The molecule has 1 rings (SSSR count). The highest BCUT2D eigenvalue weighted by molar-refractivity contribution is 7.17. The molecule has 0 aliphatic heterocycles. The van der Waals surface area contributed by atoms with Crippen LogP contribution in [0.25, 0.3) is 0 Å². The summed E-state index contributed by atoms with van der Waals surface area (Å²) in [5, 5.41) is 0. The molecule has 0 saturated heterocycles. The average Bonchev–Trinajstić information content (AvgIpc) is 1.92. The van der Waals surface area contributed by atoms with Crippen LogP contribution in [0.1, 0.15) is 47.0 Å². The third-order valence-electron chi connectivity index (χ3n) is 3.41. The van der Waals surface area contributed by atoms with Crippen LogP contribution >= 0.6 is 9.24 Å². The molecule has 0 radical (unpaired) electrons. The van der Waals surface area contributed by atoms with E-state index in [9.17, 15) is 0 Å². The van der Waals surface area contributed by atoms with Gasteiger partial charge in [-0.2, -0.15) is 0 Å². The van der Waals surface area contributed by atoms with E-state index in [1.54, 1.807) is 0 Å². The molecule has 1 heteroatoms. The minimum absolute atomic E-state index is 0.501. The fourth-order valence-electron chi connectivity index (χ4n) is 2.45. The Morgan fingerprint density at radius 1 is 1.17 bits per heavy atom. The Bertz CT molecular complexity index is 146. The summed E-state index contributed by atoms with van der Waals surface area (Å²) < 4.78 is 0. The van der Waals surface area contributed by atoms with Crippen LogP contribution < -0.4 is 0 Å². The predicted molar refractivity (Wildman–Crippen MR) is 59.5 cm³/mol. The van der Waals surface area contributed by atoms with Crippen molar-refractivity contribution in [1.82, 2.24) is 0 Å². The minimum Gasteiger partial charge on any atom is -0.134 e. The van der Waals surface area contributed by atoms with Gasteiger partial charge in [-0.05, 0) is 29.3 Å². The second kappa shape index (κ2) is 3.66. The molecule has 0 aromatic rings. The second-order valence-corrected chi connectivity index (χ2v) is 6.23. The van der Waals surface area contributed by atoms with Crippen molar-refractivity contribution < 1.29 is 0 Å². The van der Waals surface area contributed by atoms with Gasteiger partial charge < -0.3 is 0 Å². The van der Waals surface area contributed by atoms with Gasteiger partial charge in [-0.1, -0.05) is 40.5 Å². The van der Waals surface area contributed by atoms with E-state index in [1.165, 1.54) is 19.3 Å². The molecule has 4 atom stereocenters. The molecule has 0 aromatic carbocycles. The molecule has 4 unspecified atom stereocenters. The van der Waals surface area contributed by atoms with Crippen LogP contribution in [0.5, 0.6) is 0 Å². The van der Waals surface area contributed by atoms with E-state index in [0.29, 0.717) is 5.41 Å². The summed E-state index contributed by atoms with van der Waals surface area (Å²) in [6, 6.07) is 0. The summed E-state index contributed by atoms with van der Waals surface area (Å²) in [7, 11) is 3.07. The standard InChI is InChI=1S/C11H23P/c1-8-6-5-7-9(10(8)12)11(2,3)4/h8-10H,5-7,12H2,1-4H3. The summed E-state index contributed by atoms with van der Waals surface area (Å²) in [5.74, 6) is 1.82. The zero-order chi connectivity index (χ0) is 9.35. The molecule has 0 heterocycles. The van der Waals surface area contributed by atoms with Gasteiger partial charge in [-0.3, -0.25) is 0 Å². The van der Waals surface area contributed by atoms with Crippen LogP contribution in [0.2, 0.25) is 0 Å². The van der Waals surface area contributed by atoms with E-state index in [0.717, 1.165) is 17.5 Å². The minimum atomic E-state index is 0.501. The normalized spacial score (nSPS) is 38.2. The topological polar surface area (TPSA) is 0 Å². The summed E-state index contributed by atoms with van der Waals surface area (Å²) in [6.45, 7) is 9.54. The molecule has 1 aliphatic carbocycles. The van der Waals surface area contributed by atoms with Gasteiger partial charge in [0.25, 0.3) is 0 Å². The molecule has 0 nitrogen and oxygen atoms in total. The Hall–Kier alpha value is 0.430. The molecular weight excluding hydrogens is 163 g/mol. The van der Waals surface area contributed by atoms with Gasteiger partial charge in [0.1, 0.15) is 0 Å². The molecule has 1 saturated carbocycles. The smallest absolute Gasteiger partial charge is 0.0205 e. The largest absolute Gasteiger partial charge is 0.134 e. The Balaban J connectivity index is 2.64. The van der Waals surface area contributed by atoms with Crippen molar-refractivity contribution in [3.8, 4) is 0 Å². The van der Waals surface area contributed by atoms with Crippen molar-refractivity contribution in [3.05, 3.63) is 0 Å². The van der Waals surface area contributed by atoms with Gasteiger partial charge >= 0.3 is 0 Å². The van der Waals surface area contributed by atoms with Gasteiger partial charge in [-0.25, -0.2) is 0 Å². The van der Waals surface area contributed by atoms with Crippen LogP contribution in [-0.4, -0.2) is 5.66 Å². The lowest BCUT2D eigenvalue weighted by Crippen LogP contribution is -2.35. The third-order valence-corrected chi connectivity index (χ3v) is 4.53. The molecule has 0 spiro atoms. The van der Waals surface area contributed by atoms with Crippen LogP contribution in [0.3, 0.4) is 0 Å². The lowest BCUT2D eigenvalue weighted by Gasteiger charge is -2.42. The molecule has 0 bridgehead atoms. The summed E-state index contributed by atoms with van der Waals surface area (Å²) in [6.07, 6.45) is 4.30. The van der Waals surface area contributed by atoms with E-state index >= 15 is 0 Å². The van der Waals surface area contributed by atoms with Gasteiger partial charge in [0.05, 0.1) is 0 Å². The highest BCUT2D eigenvalue weighted by Gasteiger charge is 2.34. The molecule has 0 N–H and O–H groups in total. The Morgan fingerprint density at radius 3 is 2.17 bits per heavy atom. The van der Waals surface area contributed by atoms with Gasteiger partial charge in [0.2, 0.25) is 0 Å². The maximum atomic E-state index is 3.07. The van der Waals surface area contributed by atoms with Crippen molar-refractivity contribution in [2.24, 2.45) is 17.3 Å². The van der Waals surface area contributed by atoms with Crippen molar-refractivity contribution in [1.29, 1.82) is 0 Å². The fraction of sp³-hybridized carbons (Fsp3) is 1.00. The zero-order valence-corrected chi connectivity index (χ0v) is 10.1. The highest BCUT2D eigenvalue weighted by atomic mass is 31.0. The molecule has 1 aliphatic rings. The number of rotatable bonds is 0. The predicted octanol–water partition coefficient (Wildman–Crippen LogP) is 3.71. The average molecular weight is 186 g/mol. The van der Waals surface area contributed by atoms with E-state index < -0.39 is 0 Å². The van der Waals surface area contributed by atoms with Crippen molar-refractivity contribution in [3.63, 3.8) is 0 Å². The first-order valence-corrected chi connectivity index (χ1v) is 5.85. The molecule has 12 heavy (non-hydrogen) atoms. The third kappa shape index (κ3) is 2.22. The molecule has 1 fully saturated rings. The maximum Gasteiger partial charge on any atom is -0.0205 e. The SMILES string of the molecule is CC1CCCC(C(C)(C)C)C1P. The van der Waals surface area contributed by atoms with Gasteiger partial charge in [0.15, 0.2) is 0 Å². The fourth-order valence-corrected chi connectivity index (χ4v) is 3.41. The maximum absolute atomic E-state index is 3.07. The Labute approximate surface area is 79.7 Å². The summed E-state index contributed by atoms with van der Waals surface area (Å²) in [5.41, 5.74) is 1.35. The van der Waals surface area contributed by atoms with Crippen molar-refractivity contribution in [2.45, 2.75) is 52.6 Å². The quantitative estimate of drug-likeness (QED) is 0.506. The number of hydrogen-bond donors (Lipinski definition) is 0. The first-order valence-electron chi connectivity index (χ1n) is 5.18. The summed E-state index contributed by atoms with van der Waals surface area (Å²) >= 11 is 0. The van der Waals surface area contributed by atoms with Gasteiger partial charge in [0, 0.05) is 0 Å². The Kier molecular flexibility index (Phi) is 3.21. The van der Waals surface area contributed by atoms with E-state index in [1.807, 2.05) is 0 Å². The molecule has 72 valence electrons. The molecule has 0 amide bonds. The Morgan fingerprint density at radius 2 is 1.75 bits per heavy atom. The van der Waals surface area contributed by atoms with Crippen molar-refractivity contribution >= 4 is 9.24 Å². The van der Waals surface area contributed by atoms with Crippen LogP contribution in [0.4, 0.5) is 0 Å². The number of hydrogen-bond acceptors (Lipinski definition) is 0. The molecule has 0 aromatic heterocycles. The van der Waals surface area contributed by atoms with E-state index in [2.05, 4.69) is 36.9 Å². The van der Waals surface area contributed by atoms with E-state index in [4.69, 9.17) is 0 Å². The van der Waals surface area contributed by atoms with Crippen molar-refractivity contribution in [2.75, 3.05) is 0 Å². The second-order valence-electron chi connectivity index (χ2n) is 5.46. The molecular formula is C11H23P. The van der Waals surface area contributed by atoms with Crippen LogP contribution in [0.15, 0.2) is 0 Å². The first-order chi connectivity index (χ1) is 5.43. The zero-order valence-electron chi connectivity index (χ0n) is 8.93. The van der Waals surface area contributed by atoms with Crippen LogP contribution in [0, 0.1) is 17.3 Å². The summed E-state index contributed by atoms with van der Waals surface area (Å²) in [4.78, 5) is 0. The lowest BCUT2D eigenvalue weighted by atomic mass is 9.69. The first kappa shape index (κ1) is 10.5. The highest BCUT2D eigenvalue weighted by Crippen LogP contribution is 2.43. The van der Waals surface area contributed by atoms with Crippen LogP contribution in [-0.2, 0) is 0 Å². The van der Waals surface area contributed by atoms with Gasteiger partial charge in [-0.15, -0.1) is 9.24 Å². The monoisotopic (exact) mass is 186 g/mol.